The minimum Gasteiger partial charge on any atom is -0.461 e. The molecule has 1 aromatic rings. The van der Waals surface area contributed by atoms with Crippen molar-refractivity contribution in [1.29, 1.82) is 0 Å². The number of likely N-dealkylation sites (tertiary alicyclic amines) is 1. The lowest BCUT2D eigenvalue weighted by atomic mass is 10.1. The molecule has 1 aromatic heterocycles. The molecule has 0 unspecified atom stereocenters. The van der Waals surface area contributed by atoms with Crippen LogP contribution in [0.5, 0.6) is 0 Å². The molecule has 1 saturated heterocycles. The minimum atomic E-state index is -0.448. The predicted molar refractivity (Wildman–Crippen MR) is 80.3 cm³/mol. The zero-order chi connectivity index (χ0) is 16.1. The summed E-state index contributed by atoms with van der Waals surface area (Å²) >= 11 is 0. The van der Waals surface area contributed by atoms with Gasteiger partial charge in [-0.1, -0.05) is 6.92 Å². The van der Waals surface area contributed by atoms with E-state index in [0.717, 1.165) is 6.42 Å². The van der Waals surface area contributed by atoms with Crippen LogP contribution in [0.15, 0.2) is 22.8 Å². The largest absolute Gasteiger partial charge is 0.461 e. The average molecular weight is 306 g/mol. The summed E-state index contributed by atoms with van der Waals surface area (Å²) < 4.78 is 5.05. The molecular weight excluding hydrogens is 284 g/mol. The standard InChI is InChI=1S/C16H22N2O4/c1-3-12(18-8-4-7-15(18)20)16(21)17-11(2)10-13(19)14-6-5-9-22-14/h5-6,9,11-12H,3-4,7-8,10H2,1-2H3,(H,17,21)/t11-,12+/m0/s1. The molecule has 6 heteroatoms. The van der Waals surface area contributed by atoms with Gasteiger partial charge in [0.25, 0.3) is 0 Å². The molecule has 1 aliphatic heterocycles. The second-order valence-electron chi connectivity index (χ2n) is 5.63. The van der Waals surface area contributed by atoms with E-state index in [2.05, 4.69) is 5.32 Å². The molecule has 2 amide bonds. The number of amides is 2. The number of ketones is 1. The van der Waals surface area contributed by atoms with Crippen LogP contribution in [0.1, 0.15) is 50.1 Å². The summed E-state index contributed by atoms with van der Waals surface area (Å²) in [4.78, 5) is 37.7. The van der Waals surface area contributed by atoms with E-state index in [4.69, 9.17) is 4.42 Å². The number of nitrogens with one attached hydrogen (secondary N) is 1. The molecule has 0 bridgehead atoms. The molecule has 0 aromatic carbocycles. The molecule has 0 spiro atoms. The SMILES string of the molecule is CC[C@H](C(=O)N[C@@H](C)CC(=O)c1ccco1)N1CCCC1=O. The van der Waals surface area contributed by atoms with Crippen LogP contribution in [0.3, 0.4) is 0 Å². The van der Waals surface area contributed by atoms with Crippen molar-refractivity contribution in [2.24, 2.45) is 0 Å². The van der Waals surface area contributed by atoms with Crippen LogP contribution in [0.4, 0.5) is 0 Å². The Bertz CT molecular complexity index is 538. The third kappa shape index (κ3) is 3.75. The van der Waals surface area contributed by atoms with Gasteiger partial charge in [-0.3, -0.25) is 14.4 Å². The molecule has 22 heavy (non-hydrogen) atoms. The third-order valence-corrected chi connectivity index (χ3v) is 3.85. The van der Waals surface area contributed by atoms with Gasteiger partial charge in [0.1, 0.15) is 6.04 Å². The zero-order valence-corrected chi connectivity index (χ0v) is 13.0. The zero-order valence-electron chi connectivity index (χ0n) is 13.0. The lowest BCUT2D eigenvalue weighted by Gasteiger charge is -2.27. The summed E-state index contributed by atoms with van der Waals surface area (Å²) in [6.07, 6.45) is 3.49. The van der Waals surface area contributed by atoms with Gasteiger partial charge < -0.3 is 14.6 Å². The first-order chi connectivity index (χ1) is 10.5. The Morgan fingerprint density at radius 2 is 2.23 bits per heavy atom. The highest BCUT2D eigenvalue weighted by Gasteiger charge is 2.32. The van der Waals surface area contributed by atoms with Crippen LogP contribution in [0.25, 0.3) is 0 Å². The quantitative estimate of drug-likeness (QED) is 0.778. The first-order valence-corrected chi connectivity index (χ1v) is 7.69. The maximum absolute atomic E-state index is 12.3. The molecule has 0 saturated carbocycles. The Kier molecular flexibility index (Phi) is 5.35. The molecule has 2 heterocycles. The highest BCUT2D eigenvalue weighted by molar-refractivity contribution is 5.94. The third-order valence-electron chi connectivity index (χ3n) is 3.85. The Morgan fingerprint density at radius 3 is 2.77 bits per heavy atom. The molecule has 0 radical (unpaired) electrons. The smallest absolute Gasteiger partial charge is 0.243 e. The lowest BCUT2D eigenvalue weighted by Crippen LogP contribution is -2.49. The van der Waals surface area contributed by atoms with E-state index in [1.165, 1.54) is 6.26 Å². The Labute approximate surface area is 129 Å². The fourth-order valence-electron chi connectivity index (χ4n) is 2.75. The molecule has 6 nitrogen and oxygen atoms in total. The summed E-state index contributed by atoms with van der Waals surface area (Å²) in [6, 6.07) is 2.50. The Balaban J connectivity index is 1.89. The van der Waals surface area contributed by atoms with Gasteiger partial charge in [0.05, 0.1) is 6.26 Å². The van der Waals surface area contributed by atoms with Gasteiger partial charge in [0.2, 0.25) is 11.8 Å². The minimum absolute atomic E-state index is 0.0290. The van der Waals surface area contributed by atoms with Gasteiger partial charge in [0.15, 0.2) is 11.5 Å². The summed E-state index contributed by atoms with van der Waals surface area (Å²) in [5.41, 5.74) is 0. The molecule has 2 rings (SSSR count). The van der Waals surface area contributed by atoms with E-state index in [9.17, 15) is 14.4 Å². The Morgan fingerprint density at radius 1 is 1.45 bits per heavy atom. The van der Waals surface area contributed by atoms with Crippen LogP contribution in [0, 0.1) is 0 Å². The Hall–Kier alpha value is -2.11. The van der Waals surface area contributed by atoms with Crippen LogP contribution in [-0.2, 0) is 9.59 Å². The molecule has 1 fully saturated rings. The number of furan rings is 1. The van der Waals surface area contributed by atoms with E-state index < -0.39 is 6.04 Å². The van der Waals surface area contributed by atoms with Crippen molar-refractivity contribution in [3.63, 3.8) is 0 Å². The van der Waals surface area contributed by atoms with Gasteiger partial charge >= 0.3 is 0 Å². The second-order valence-corrected chi connectivity index (χ2v) is 5.63. The highest BCUT2D eigenvalue weighted by Crippen LogP contribution is 2.16. The maximum Gasteiger partial charge on any atom is 0.243 e. The number of carbonyl (C=O) groups is 3. The first kappa shape index (κ1) is 16.3. The normalized spacial score (nSPS) is 17.4. The molecule has 1 aliphatic rings. The van der Waals surface area contributed by atoms with Crippen molar-refractivity contribution in [3.8, 4) is 0 Å². The van der Waals surface area contributed by atoms with Crippen LogP contribution in [-0.4, -0.2) is 41.1 Å². The van der Waals surface area contributed by atoms with Crippen LogP contribution < -0.4 is 5.32 Å². The van der Waals surface area contributed by atoms with E-state index in [1.807, 2.05) is 6.92 Å². The fourth-order valence-corrected chi connectivity index (χ4v) is 2.75. The fraction of sp³-hybridized carbons (Fsp3) is 0.562. The number of hydrogen-bond acceptors (Lipinski definition) is 4. The molecule has 2 atom stereocenters. The number of hydrogen-bond donors (Lipinski definition) is 1. The van der Waals surface area contributed by atoms with Gasteiger partial charge in [-0.25, -0.2) is 0 Å². The van der Waals surface area contributed by atoms with Gasteiger partial charge in [-0.05, 0) is 31.9 Å². The number of rotatable bonds is 7. The van der Waals surface area contributed by atoms with Crippen molar-refractivity contribution in [2.75, 3.05) is 6.54 Å². The summed E-state index contributed by atoms with van der Waals surface area (Å²) in [7, 11) is 0. The topological polar surface area (TPSA) is 79.6 Å². The van der Waals surface area contributed by atoms with E-state index >= 15 is 0 Å². The highest BCUT2D eigenvalue weighted by atomic mass is 16.3. The van der Waals surface area contributed by atoms with Crippen molar-refractivity contribution in [2.45, 2.75) is 51.6 Å². The van der Waals surface area contributed by atoms with Crippen LogP contribution >= 0.6 is 0 Å². The van der Waals surface area contributed by atoms with E-state index in [0.29, 0.717) is 25.1 Å². The summed E-state index contributed by atoms with van der Waals surface area (Å²) in [5.74, 6) is -0.0234. The van der Waals surface area contributed by atoms with Gasteiger partial charge in [-0.2, -0.15) is 0 Å². The van der Waals surface area contributed by atoms with Gasteiger partial charge in [-0.15, -0.1) is 0 Å². The number of Topliss-reactive ketones (excluding diaryl/α,β-unsaturated/α-hetero) is 1. The van der Waals surface area contributed by atoms with Gasteiger partial charge in [0, 0.05) is 25.4 Å². The summed E-state index contributed by atoms with van der Waals surface area (Å²) in [5, 5.41) is 2.83. The van der Waals surface area contributed by atoms with Crippen molar-refractivity contribution >= 4 is 17.6 Å². The lowest BCUT2D eigenvalue weighted by molar-refractivity contribution is -0.137. The molecule has 1 N–H and O–H groups in total. The molecule has 0 aliphatic carbocycles. The van der Waals surface area contributed by atoms with Crippen molar-refractivity contribution in [3.05, 3.63) is 24.2 Å². The second kappa shape index (κ2) is 7.24. The number of nitrogens with zero attached hydrogens (tertiary/aromatic N) is 1. The number of carbonyl (C=O) groups excluding carboxylic acids is 3. The van der Waals surface area contributed by atoms with Crippen molar-refractivity contribution < 1.29 is 18.8 Å². The molecular formula is C16H22N2O4. The van der Waals surface area contributed by atoms with E-state index in [1.54, 1.807) is 24.0 Å². The maximum atomic E-state index is 12.3. The monoisotopic (exact) mass is 306 g/mol. The molecule has 120 valence electrons. The van der Waals surface area contributed by atoms with Crippen molar-refractivity contribution in [1.82, 2.24) is 10.2 Å². The van der Waals surface area contributed by atoms with Crippen LogP contribution in [0.2, 0.25) is 0 Å². The summed E-state index contributed by atoms with van der Waals surface area (Å²) in [6.45, 7) is 4.29. The first-order valence-electron chi connectivity index (χ1n) is 7.69. The van der Waals surface area contributed by atoms with E-state index in [-0.39, 0.29) is 30.1 Å². The predicted octanol–water partition coefficient (Wildman–Crippen LogP) is 1.76. The average Bonchev–Trinajstić information content (AvgIpc) is 3.11.